The van der Waals surface area contributed by atoms with Crippen molar-refractivity contribution in [2.45, 2.75) is 32.7 Å². The highest BCUT2D eigenvalue weighted by Crippen LogP contribution is 2.36. The molecule has 92 valence electrons. The summed E-state index contributed by atoms with van der Waals surface area (Å²) < 4.78 is 0. The molecular formula is C14H20N2O. The van der Waals surface area contributed by atoms with Crippen molar-refractivity contribution in [1.82, 2.24) is 5.32 Å². The van der Waals surface area contributed by atoms with Gasteiger partial charge in [0, 0.05) is 11.6 Å². The second-order valence-electron chi connectivity index (χ2n) is 4.99. The highest BCUT2D eigenvalue weighted by atomic mass is 16.1. The molecule has 0 radical (unpaired) electrons. The predicted octanol–water partition coefficient (Wildman–Crippen LogP) is 2.49. The molecule has 3 nitrogen and oxygen atoms in total. The molecule has 0 spiro atoms. The van der Waals surface area contributed by atoms with Crippen molar-refractivity contribution in [3.05, 3.63) is 29.8 Å². The Bertz CT molecular complexity index is 412. The Morgan fingerprint density at radius 2 is 2.00 bits per heavy atom. The van der Waals surface area contributed by atoms with Crippen LogP contribution < -0.4 is 11.1 Å². The number of rotatable bonds is 4. The number of nitrogens with two attached hydrogens (primary N) is 1. The van der Waals surface area contributed by atoms with Gasteiger partial charge in [-0.1, -0.05) is 25.1 Å². The number of carbonyl (C=O) groups is 1. The molecule has 1 amide bonds. The zero-order valence-electron chi connectivity index (χ0n) is 10.4. The SMILES string of the molecule is CC(NC(=O)C(C)C1CC1)c1ccccc1N. The molecular weight excluding hydrogens is 212 g/mol. The number of nitrogens with one attached hydrogen (secondary N) is 1. The van der Waals surface area contributed by atoms with Gasteiger partial charge in [-0.05, 0) is 37.3 Å². The van der Waals surface area contributed by atoms with E-state index in [4.69, 9.17) is 5.73 Å². The molecule has 0 aromatic heterocycles. The lowest BCUT2D eigenvalue weighted by atomic mass is 10.0. The van der Waals surface area contributed by atoms with Crippen LogP contribution in [0.1, 0.15) is 38.3 Å². The standard InChI is InChI=1S/C14H20N2O/c1-9(11-7-8-11)14(17)16-10(2)12-5-3-4-6-13(12)15/h3-6,9-11H,7-8,15H2,1-2H3,(H,16,17). The maximum Gasteiger partial charge on any atom is 0.223 e. The molecule has 1 aliphatic carbocycles. The average molecular weight is 232 g/mol. The van der Waals surface area contributed by atoms with E-state index in [1.54, 1.807) is 0 Å². The van der Waals surface area contributed by atoms with Crippen LogP contribution in [0.4, 0.5) is 5.69 Å². The molecule has 3 N–H and O–H groups in total. The van der Waals surface area contributed by atoms with Crippen LogP contribution in [0.25, 0.3) is 0 Å². The van der Waals surface area contributed by atoms with Gasteiger partial charge >= 0.3 is 0 Å². The molecule has 3 heteroatoms. The lowest BCUT2D eigenvalue weighted by Gasteiger charge is -2.19. The fourth-order valence-electron chi connectivity index (χ4n) is 2.14. The van der Waals surface area contributed by atoms with Gasteiger partial charge < -0.3 is 11.1 Å². The first kappa shape index (κ1) is 12.0. The third-order valence-corrected chi connectivity index (χ3v) is 3.56. The van der Waals surface area contributed by atoms with Crippen molar-refractivity contribution in [2.75, 3.05) is 5.73 Å². The summed E-state index contributed by atoms with van der Waals surface area (Å²) in [6, 6.07) is 7.65. The van der Waals surface area contributed by atoms with Crippen LogP contribution in [0.2, 0.25) is 0 Å². The minimum atomic E-state index is -0.0232. The average Bonchev–Trinajstić information content (AvgIpc) is 3.12. The summed E-state index contributed by atoms with van der Waals surface area (Å²) in [5.41, 5.74) is 7.62. The first-order valence-electron chi connectivity index (χ1n) is 6.24. The molecule has 2 unspecified atom stereocenters. The molecule has 0 saturated heterocycles. The van der Waals surface area contributed by atoms with Gasteiger partial charge in [0.2, 0.25) is 5.91 Å². The van der Waals surface area contributed by atoms with E-state index in [0.717, 1.165) is 11.3 Å². The topological polar surface area (TPSA) is 55.1 Å². The maximum atomic E-state index is 12.0. The predicted molar refractivity (Wildman–Crippen MR) is 69.3 cm³/mol. The second kappa shape index (κ2) is 4.78. The van der Waals surface area contributed by atoms with Crippen molar-refractivity contribution in [1.29, 1.82) is 0 Å². The molecule has 1 saturated carbocycles. The third-order valence-electron chi connectivity index (χ3n) is 3.56. The van der Waals surface area contributed by atoms with Crippen LogP contribution in [0.5, 0.6) is 0 Å². The first-order valence-corrected chi connectivity index (χ1v) is 6.24. The van der Waals surface area contributed by atoms with Crippen molar-refractivity contribution in [2.24, 2.45) is 11.8 Å². The van der Waals surface area contributed by atoms with Gasteiger partial charge in [0.15, 0.2) is 0 Å². The van der Waals surface area contributed by atoms with E-state index in [-0.39, 0.29) is 17.9 Å². The Balaban J connectivity index is 1.99. The molecule has 0 heterocycles. The summed E-state index contributed by atoms with van der Waals surface area (Å²) in [5, 5.41) is 3.04. The van der Waals surface area contributed by atoms with E-state index < -0.39 is 0 Å². The van der Waals surface area contributed by atoms with Gasteiger partial charge in [-0.25, -0.2) is 0 Å². The monoisotopic (exact) mass is 232 g/mol. The Labute approximate surface area is 102 Å². The summed E-state index contributed by atoms with van der Waals surface area (Å²) in [5.74, 6) is 0.862. The van der Waals surface area contributed by atoms with Crippen molar-refractivity contribution in [3.63, 3.8) is 0 Å². The zero-order valence-corrected chi connectivity index (χ0v) is 10.4. The van der Waals surface area contributed by atoms with Crippen molar-refractivity contribution in [3.8, 4) is 0 Å². The van der Waals surface area contributed by atoms with Crippen molar-refractivity contribution < 1.29 is 4.79 Å². The van der Waals surface area contributed by atoms with Gasteiger partial charge in [0.05, 0.1) is 6.04 Å². The number of para-hydroxylation sites is 1. The minimum absolute atomic E-state index is 0.0232. The molecule has 2 rings (SSSR count). The molecule has 1 aliphatic rings. The molecule has 1 aromatic carbocycles. The number of hydrogen-bond acceptors (Lipinski definition) is 2. The number of anilines is 1. The number of carbonyl (C=O) groups excluding carboxylic acids is 1. The lowest BCUT2D eigenvalue weighted by Crippen LogP contribution is -2.32. The molecule has 1 aromatic rings. The minimum Gasteiger partial charge on any atom is -0.398 e. The van der Waals surface area contributed by atoms with Crippen LogP contribution in [0.3, 0.4) is 0 Å². The van der Waals surface area contributed by atoms with Gasteiger partial charge in [-0.3, -0.25) is 4.79 Å². The summed E-state index contributed by atoms with van der Waals surface area (Å²) in [6.07, 6.45) is 2.38. The smallest absolute Gasteiger partial charge is 0.223 e. The highest BCUT2D eigenvalue weighted by molar-refractivity contribution is 5.79. The fraction of sp³-hybridized carbons (Fsp3) is 0.500. The largest absolute Gasteiger partial charge is 0.398 e. The molecule has 1 fully saturated rings. The van der Waals surface area contributed by atoms with Crippen molar-refractivity contribution >= 4 is 11.6 Å². The number of nitrogen functional groups attached to an aromatic ring is 1. The highest BCUT2D eigenvalue weighted by Gasteiger charge is 2.33. The third kappa shape index (κ3) is 2.78. The normalized spacial score (nSPS) is 18.5. The Morgan fingerprint density at radius 3 is 2.59 bits per heavy atom. The van der Waals surface area contributed by atoms with Gasteiger partial charge in [-0.2, -0.15) is 0 Å². The Kier molecular flexibility index (Phi) is 3.36. The van der Waals surface area contributed by atoms with Crippen LogP contribution >= 0.6 is 0 Å². The summed E-state index contributed by atoms with van der Waals surface area (Å²) in [4.78, 5) is 12.0. The van der Waals surface area contributed by atoms with E-state index in [0.29, 0.717) is 5.92 Å². The maximum absolute atomic E-state index is 12.0. The number of benzene rings is 1. The summed E-state index contributed by atoms with van der Waals surface area (Å²) in [7, 11) is 0. The van der Waals surface area contributed by atoms with Gasteiger partial charge in [0.25, 0.3) is 0 Å². The number of amides is 1. The number of hydrogen-bond donors (Lipinski definition) is 2. The molecule has 17 heavy (non-hydrogen) atoms. The van der Waals surface area contributed by atoms with E-state index in [2.05, 4.69) is 5.32 Å². The van der Waals surface area contributed by atoms with Gasteiger partial charge in [0.1, 0.15) is 0 Å². The fourth-order valence-corrected chi connectivity index (χ4v) is 2.14. The summed E-state index contributed by atoms with van der Waals surface area (Å²) in [6.45, 7) is 3.98. The van der Waals surface area contributed by atoms with E-state index >= 15 is 0 Å². The Hall–Kier alpha value is -1.51. The van der Waals surface area contributed by atoms with Crippen LogP contribution in [0.15, 0.2) is 24.3 Å². The molecule has 0 bridgehead atoms. The lowest BCUT2D eigenvalue weighted by molar-refractivity contribution is -0.125. The zero-order chi connectivity index (χ0) is 12.4. The van der Waals surface area contributed by atoms with Crippen LogP contribution in [-0.4, -0.2) is 5.91 Å². The summed E-state index contributed by atoms with van der Waals surface area (Å²) >= 11 is 0. The molecule has 0 aliphatic heterocycles. The van der Waals surface area contributed by atoms with Crippen LogP contribution in [0, 0.1) is 11.8 Å². The quantitative estimate of drug-likeness (QED) is 0.784. The van der Waals surface area contributed by atoms with E-state index in [9.17, 15) is 4.79 Å². The van der Waals surface area contributed by atoms with E-state index in [1.165, 1.54) is 12.8 Å². The van der Waals surface area contributed by atoms with Crippen LogP contribution in [-0.2, 0) is 4.79 Å². The second-order valence-corrected chi connectivity index (χ2v) is 4.99. The first-order chi connectivity index (χ1) is 8.09. The van der Waals surface area contributed by atoms with E-state index in [1.807, 2.05) is 38.1 Å². The van der Waals surface area contributed by atoms with Gasteiger partial charge in [-0.15, -0.1) is 0 Å². The molecule has 2 atom stereocenters. The Morgan fingerprint density at radius 1 is 1.35 bits per heavy atom.